The van der Waals surface area contributed by atoms with Crippen molar-refractivity contribution in [3.63, 3.8) is 0 Å². The van der Waals surface area contributed by atoms with Crippen LogP contribution in [0.15, 0.2) is 36.4 Å². The van der Waals surface area contributed by atoms with Crippen molar-refractivity contribution in [2.24, 2.45) is 5.41 Å². The van der Waals surface area contributed by atoms with Gasteiger partial charge in [-0.3, -0.25) is 9.59 Å². The summed E-state index contributed by atoms with van der Waals surface area (Å²) in [6.45, 7) is 7.35. The van der Waals surface area contributed by atoms with E-state index in [0.29, 0.717) is 27.6 Å². The van der Waals surface area contributed by atoms with Crippen LogP contribution in [-0.2, 0) is 4.79 Å². The first-order valence-corrected chi connectivity index (χ1v) is 8.31. The van der Waals surface area contributed by atoms with Gasteiger partial charge in [0, 0.05) is 16.0 Å². The van der Waals surface area contributed by atoms with Crippen molar-refractivity contribution >= 4 is 29.0 Å². The predicted molar refractivity (Wildman–Crippen MR) is 101 cm³/mol. The summed E-state index contributed by atoms with van der Waals surface area (Å²) < 4.78 is 5.33. The number of carbonyl (C=O) groups is 2. The van der Waals surface area contributed by atoms with Gasteiger partial charge in [0.05, 0.1) is 18.4 Å². The maximum Gasteiger partial charge on any atom is 0.229 e. The van der Waals surface area contributed by atoms with Crippen molar-refractivity contribution in [1.29, 1.82) is 0 Å². The Kier molecular flexibility index (Phi) is 5.53. The topological polar surface area (TPSA) is 55.4 Å². The molecule has 1 amide bonds. The molecule has 0 spiro atoms. The molecule has 0 bridgehead atoms. The number of methoxy groups -OCH3 is 1. The average molecular weight is 360 g/mol. The third kappa shape index (κ3) is 4.40. The van der Waals surface area contributed by atoms with Crippen molar-refractivity contribution in [2.75, 3.05) is 12.4 Å². The number of hydrogen-bond acceptors (Lipinski definition) is 3. The third-order valence-corrected chi connectivity index (χ3v) is 3.99. The molecule has 0 aliphatic rings. The molecule has 1 N–H and O–H groups in total. The molecule has 0 heterocycles. The van der Waals surface area contributed by atoms with Gasteiger partial charge in [0.2, 0.25) is 5.91 Å². The van der Waals surface area contributed by atoms with Crippen LogP contribution in [0.4, 0.5) is 5.69 Å². The Balaban J connectivity index is 2.50. The quantitative estimate of drug-likeness (QED) is 0.792. The number of carbonyl (C=O) groups excluding carboxylic acids is 2. The summed E-state index contributed by atoms with van der Waals surface area (Å²) in [5.74, 6) is 0.0429. The van der Waals surface area contributed by atoms with E-state index in [4.69, 9.17) is 16.3 Å². The minimum Gasteiger partial charge on any atom is -0.496 e. The molecule has 0 saturated heterocycles. The Morgan fingerprint density at radius 1 is 1.04 bits per heavy atom. The Morgan fingerprint density at radius 3 is 2.32 bits per heavy atom. The molecule has 5 heteroatoms. The minimum absolute atomic E-state index is 0.181. The first-order valence-electron chi connectivity index (χ1n) is 7.94. The number of hydrogen-bond donors (Lipinski definition) is 1. The van der Waals surface area contributed by atoms with Gasteiger partial charge in [-0.15, -0.1) is 0 Å². The van der Waals surface area contributed by atoms with E-state index in [1.807, 2.05) is 33.8 Å². The van der Waals surface area contributed by atoms with E-state index in [1.54, 1.807) is 30.3 Å². The number of anilines is 1. The molecule has 0 aliphatic heterocycles. The van der Waals surface area contributed by atoms with Crippen molar-refractivity contribution in [1.82, 2.24) is 0 Å². The van der Waals surface area contributed by atoms with Crippen LogP contribution in [0.2, 0.25) is 5.02 Å². The second-order valence-corrected chi connectivity index (χ2v) is 7.36. The molecule has 2 aromatic carbocycles. The lowest BCUT2D eigenvalue weighted by molar-refractivity contribution is -0.123. The lowest BCUT2D eigenvalue weighted by Gasteiger charge is -2.19. The number of ketones is 1. The fraction of sp³-hybridized carbons (Fsp3) is 0.300. The molecule has 2 aromatic rings. The number of nitrogens with one attached hydrogen (secondary N) is 1. The summed E-state index contributed by atoms with van der Waals surface area (Å²) in [4.78, 5) is 25.4. The highest BCUT2D eigenvalue weighted by Gasteiger charge is 2.24. The average Bonchev–Trinajstić information content (AvgIpc) is 2.54. The molecule has 0 radical (unpaired) electrons. The standard InChI is InChI=1S/C20H22ClNO3/c1-12-6-8-14(17(10-12)25-5)18(23)15-11-13(21)7-9-16(15)22-19(24)20(2,3)4/h6-11H,1-5H3,(H,22,24). The molecule has 2 rings (SSSR count). The maximum absolute atomic E-state index is 13.1. The second kappa shape index (κ2) is 7.28. The van der Waals surface area contributed by atoms with Crippen LogP contribution in [0.5, 0.6) is 5.75 Å². The lowest BCUT2D eigenvalue weighted by atomic mass is 9.94. The zero-order valence-electron chi connectivity index (χ0n) is 15.1. The minimum atomic E-state index is -0.582. The van der Waals surface area contributed by atoms with Crippen LogP contribution in [-0.4, -0.2) is 18.8 Å². The van der Waals surface area contributed by atoms with Crippen molar-refractivity contribution in [3.05, 3.63) is 58.1 Å². The second-order valence-electron chi connectivity index (χ2n) is 6.93. The SMILES string of the molecule is COc1cc(C)ccc1C(=O)c1cc(Cl)ccc1NC(=O)C(C)(C)C. The molecule has 0 unspecified atom stereocenters. The molecular weight excluding hydrogens is 338 g/mol. The fourth-order valence-corrected chi connectivity index (χ4v) is 2.43. The predicted octanol–water partition coefficient (Wildman–Crippen LogP) is 4.87. The van der Waals surface area contributed by atoms with Crippen LogP contribution in [0.3, 0.4) is 0 Å². The van der Waals surface area contributed by atoms with E-state index in [9.17, 15) is 9.59 Å². The number of rotatable bonds is 4. The van der Waals surface area contributed by atoms with Crippen molar-refractivity contribution in [2.45, 2.75) is 27.7 Å². The van der Waals surface area contributed by atoms with Gasteiger partial charge in [0.15, 0.2) is 5.78 Å². The van der Waals surface area contributed by atoms with E-state index in [2.05, 4.69) is 5.32 Å². The normalized spacial score (nSPS) is 11.1. The van der Waals surface area contributed by atoms with Crippen LogP contribution < -0.4 is 10.1 Å². The lowest BCUT2D eigenvalue weighted by Crippen LogP contribution is -2.28. The molecule has 4 nitrogen and oxygen atoms in total. The summed E-state index contributed by atoms with van der Waals surface area (Å²) >= 11 is 6.08. The van der Waals surface area contributed by atoms with E-state index >= 15 is 0 Å². The molecule has 25 heavy (non-hydrogen) atoms. The van der Waals surface area contributed by atoms with E-state index in [0.717, 1.165) is 5.56 Å². The zero-order valence-corrected chi connectivity index (χ0v) is 15.8. The number of amides is 1. The van der Waals surface area contributed by atoms with Gasteiger partial charge >= 0.3 is 0 Å². The number of aryl methyl sites for hydroxylation is 1. The smallest absolute Gasteiger partial charge is 0.229 e. The first kappa shape index (κ1) is 19.0. The number of benzene rings is 2. The molecule has 0 atom stereocenters. The van der Waals surface area contributed by atoms with Gasteiger partial charge in [-0.25, -0.2) is 0 Å². The third-order valence-electron chi connectivity index (χ3n) is 3.76. The van der Waals surface area contributed by atoms with E-state index in [-0.39, 0.29) is 11.7 Å². The van der Waals surface area contributed by atoms with Gasteiger partial charge in [-0.2, -0.15) is 0 Å². The fourth-order valence-electron chi connectivity index (χ4n) is 2.25. The van der Waals surface area contributed by atoms with Gasteiger partial charge in [0.1, 0.15) is 5.75 Å². The highest BCUT2D eigenvalue weighted by Crippen LogP contribution is 2.29. The molecular formula is C20H22ClNO3. The zero-order chi connectivity index (χ0) is 18.8. The molecule has 132 valence electrons. The van der Waals surface area contributed by atoms with E-state index < -0.39 is 5.41 Å². The van der Waals surface area contributed by atoms with Gasteiger partial charge in [-0.1, -0.05) is 38.4 Å². The Labute approximate surface area is 153 Å². The summed E-state index contributed by atoms with van der Waals surface area (Å²) in [5.41, 5.74) is 1.58. The first-order chi connectivity index (χ1) is 11.6. The van der Waals surface area contributed by atoms with Crippen LogP contribution in [0, 0.1) is 12.3 Å². The number of ether oxygens (including phenoxy) is 1. The highest BCUT2D eigenvalue weighted by atomic mass is 35.5. The van der Waals surface area contributed by atoms with Gasteiger partial charge in [0.25, 0.3) is 0 Å². The van der Waals surface area contributed by atoms with Gasteiger partial charge in [-0.05, 0) is 42.8 Å². The summed E-state index contributed by atoms with van der Waals surface area (Å²) in [6.07, 6.45) is 0. The Hall–Kier alpha value is -2.33. The Morgan fingerprint density at radius 2 is 1.72 bits per heavy atom. The summed E-state index contributed by atoms with van der Waals surface area (Å²) in [5, 5.41) is 3.24. The van der Waals surface area contributed by atoms with Crippen LogP contribution >= 0.6 is 11.6 Å². The van der Waals surface area contributed by atoms with Crippen molar-refractivity contribution in [3.8, 4) is 5.75 Å². The summed E-state index contributed by atoms with van der Waals surface area (Å²) in [7, 11) is 1.52. The van der Waals surface area contributed by atoms with Crippen LogP contribution in [0.25, 0.3) is 0 Å². The van der Waals surface area contributed by atoms with E-state index in [1.165, 1.54) is 7.11 Å². The monoisotopic (exact) mass is 359 g/mol. The Bertz CT molecular complexity index is 822. The molecule has 0 aliphatic carbocycles. The number of halogens is 1. The summed E-state index contributed by atoms with van der Waals surface area (Å²) in [6, 6.07) is 10.2. The molecule has 0 aromatic heterocycles. The van der Waals surface area contributed by atoms with Crippen molar-refractivity contribution < 1.29 is 14.3 Å². The largest absolute Gasteiger partial charge is 0.496 e. The molecule has 0 saturated carbocycles. The molecule has 0 fully saturated rings. The highest BCUT2D eigenvalue weighted by molar-refractivity contribution is 6.31. The van der Waals surface area contributed by atoms with Crippen LogP contribution in [0.1, 0.15) is 42.3 Å². The maximum atomic E-state index is 13.1. The van der Waals surface area contributed by atoms with Gasteiger partial charge < -0.3 is 10.1 Å².